The van der Waals surface area contributed by atoms with Crippen molar-refractivity contribution in [3.05, 3.63) is 0 Å². The lowest BCUT2D eigenvalue weighted by atomic mass is 9.83. The predicted molar refractivity (Wildman–Crippen MR) is 131 cm³/mol. The molecule has 188 valence electrons. The Morgan fingerprint density at radius 2 is 1.76 bits per heavy atom. The van der Waals surface area contributed by atoms with Gasteiger partial charge >= 0.3 is 6.03 Å². The third-order valence-electron chi connectivity index (χ3n) is 6.83. The van der Waals surface area contributed by atoms with Crippen LogP contribution in [0.15, 0.2) is 4.99 Å². The maximum Gasteiger partial charge on any atom is 0.316 e. The van der Waals surface area contributed by atoms with Crippen molar-refractivity contribution in [2.75, 3.05) is 13.6 Å². The highest BCUT2D eigenvalue weighted by Gasteiger charge is 2.41. The van der Waals surface area contributed by atoms with E-state index in [4.69, 9.17) is 5.73 Å². The largest absolute Gasteiger partial charge is 0.352 e. The van der Waals surface area contributed by atoms with Crippen molar-refractivity contribution in [3.8, 4) is 0 Å². The van der Waals surface area contributed by atoms with Crippen molar-refractivity contribution in [1.29, 1.82) is 0 Å². The molecular weight excluding hydrogens is 420 g/mol. The molecule has 2 fully saturated rings. The Balaban J connectivity index is 2.11. The number of likely N-dealkylation sites (tertiary alicyclic amines) is 1. The van der Waals surface area contributed by atoms with Crippen LogP contribution in [0, 0.1) is 11.8 Å². The molecule has 0 aromatic rings. The molecule has 0 bridgehead atoms. The van der Waals surface area contributed by atoms with Crippen molar-refractivity contribution >= 4 is 24.1 Å². The molecule has 0 spiro atoms. The fourth-order valence-corrected chi connectivity index (χ4v) is 4.74. The van der Waals surface area contributed by atoms with E-state index in [2.05, 4.69) is 27.9 Å². The molecule has 0 aromatic carbocycles. The van der Waals surface area contributed by atoms with Crippen LogP contribution in [0.5, 0.6) is 0 Å². The number of carbonyl (C=O) groups excluding carboxylic acids is 3. The van der Waals surface area contributed by atoms with Gasteiger partial charge in [-0.1, -0.05) is 26.2 Å². The highest BCUT2D eigenvalue weighted by atomic mass is 16.2. The average molecular weight is 465 g/mol. The summed E-state index contributed by atoms with van der Waals surface area (Å²) in [6, 6.07) is -1.64. The van der Waals surface area contributed by atoms with Crippen LogP contribution in [-0.4, -0.2) is 66.3 Å². The van der Waals surface area contributed by atoms with Crippen LogP contribution < -0.4 is 21.7 Å². The van der Waals surface area contributed by atoms with Crippen LogP contribution >= 0.6 is 0 Å². The molecule has 9 heteroatoms. The summed E-state index contributed by atoms with van der Waals surface area (Å²) in [7, 11) is 1.74. The van der Waals surface area contributed by atoms with E-state index in [0.29, 0.717) is 13.0 Å². The molecule has 1 saturated carbocycles. The van der Waals surface area contributed by atoms with Crippen molar-refractivity contribution in [3.63, 3.8) is 0 Å². The molecule has 2 aliphatic rings. The molecule has 4 amide bonds. The normalized spacial score (nSPS) is 22.6. The van der Waals surface area contributed by atoms with Crippen LogP contribution in [0.4, 0.5) is 4.79 Å². The van der Waals surface area contributed by atoms with Crippen molar-refractivity contribution in [2.24, 2.45) is 22.6 Å². The molecule has 1 aliphatic carbocycles. The molecule has 33 heavy (non-hydrogen) atoms. The summed E-state index contributed by atoms with van der Waals surface area (Å²) >= 11 is 0. The molecule has 2 rings (SSSR count). The number of rotatable bonds is 9. The molecule has 0 aromatic heterocycles. The number of carbonyl (C=O) groups is 3. The lowest BCUT2D eigenvalue weighted by Crippen LogP contribution is -2.61. The van der Waals surface area contributed by atoms with E-state index in [1.54, 1.807) is 25.8 Å². The molecule has 9 nitrogen and oxygen atoms in total. The SMILES string of the molecule is CN=CCC(C)C(C)NC(=O)C1CCCN1C(=O)C(NC(=O)NC(C)(C)N)C1CCCCC1. The first kappa shape index (κ1) is 27.1. The summed E-state index contributed by atoms with van der Waals surface area (Å²) in [6.07, 6.45) is 9.05. The van der Waals surface area contributed by atoms with Gasteiger partial charge in [0.05, 0.1) is 5.66 Å². The Bertz CT molecular complexity index is 699. The fourth-order valence-electron chi connectivity index (χ4n) is 4.74. The van der Waals surface area contributed by atoms with Crippen molar-refractivity contribution < 1.29 is 14.4 Å². The molecule has 4 atom stereocenters. The Hall–Kier alpha value is -2.16. The van der Waals surface area contributed by atoms with Gasteiger partial charge in [0.15, 0.2) is 0 Å². The molecule has 5 N–H and O–H groups in total. The number of aliphatic imine (C=N–C) groups is 1. The topological polar surface area (TPSA) is 129 Å². The summed E-state index contributed by atoms with van der Waals surface area (Å²) in [4.78, 5) is 45.1. The van der Waals surface area contributed by atoms with Gasteiger partial charge in [0.2, 0.25) is 11.8 Å². The van der Waals surface area contributed by atoms with Crippen molar-refractivity contribution in [1.82, 2.24) is 20.9 Å². The minimum Gasteiger partial charge on any atom is -0.352 e. The second-order valence-corrected chi connectivity index (χ2v) is 10.3. The first-order valence-corrected chi connectivity index (χ1v) is 12.4. The van der Waals surface area contributed by atoms with E-state index in [-0.39, 0.29) is 29.7 Å². The van der Waals surface area contributed by atoms with E-state index < -0.39 is 23.8 Å². The number of amides is 4. The zero-order valence-corrected chi connectivity index (χ0v) is 21.0. The predicted octanol–water partition coefficient (Wildman–Crippen LogP) is 2.15. The van der Waals surface area contributed by atoms with Crippen LogP contribution in [0.3, 0.4) is 0 Å². The van der Waals surface area contributed by atoms with E-state index in [0.717, 1.165) is 44.9 Å². The molecular formula is C24H44N6O3. The Kier molecular flexibility index (Phi) is 10.1. The zero-order valence-electron chi connectivity index (χ0n) is 21.0. The minimum atomic E-state index is -0.893. The van der Waals surface area contributed by atoms with Gasteiger partial charge in [0.25, 0.3) is 0 Å². The summed E-state index contributed by atoms with van der Waals surface area (Å²) in [5, 5.41) is 8.68. The monoisotopic (exact) mass is 464 g/mol. The summed E-state index contributed by atoms with van der Waals surface area (Å²) in [5.41, 5.74) is 5.03. The number of nitrogens with one attached hydrogen (secondary N) is 3. The molecule has 1 heterocycles. The summed E-state index contributed by atoms with van der Waals surface area (Å²) in [6.45, 7) is 7.97. The highest BCUT2D eigenvalue weighted by molar-refractivity contribution is 5.92. The van der Waals surface area contributed by atoms with E-state index in [9.17, 15) is 14.4 Å². The van der Waals surface area contributed by atoms with Gasteiger partial charge in [-0.25, -0.2) is 4.79 Å². The Labute approximate surface area is 198 Å². The standard InChI is InChI=1S/C24H44N6O3/c1-16(13-14-26-5)17(2)27-21(31)19-12-9-15-30(19)22(32)20(18-10-7-6-8-11-18)28-23(33)29-24(3,4)25/h14,16-20H,6-13,15,25H2,1-5H3,(H,27,31)(H2,28,29,33). The Morgan fingerprint density at radius 1 is 1.09 bits per heavy atom. The summed E-state index contributed by atoms with van der Waals surface area (Å²) < 4.78 is 0. The maximum atomic E-state index is 13.7. The first-order chi connectivity index (χ1) is 15.5. The van der Waals surface area contributed by atoms with Gasteiger partial charge < -0.3 is 31.6 Å². The third kappa shape index (κ3) is 8.28. The lowest BCUT2D eigenvalue weighted by Gasteiger charge is -2.35. The molecule has 0 radical (unpaired) electrons. The molecule has 1 saturated heterocycles. The fraction of sp³-hybridized carbons (Fsp3) is 0.833. The van der Waals surface area contributed by atoms with E-state index >= 15 is 0 Å². The van der Waals surface area contributed by atoms with Gasteiger partial charge in [0.1, 0.15) is 12.1 Å². The van der Waals surface area contributed by atoms with Crippen LogP contribution in [0.1, 0.15) is 79.1 Å². The van der Waals surface area contributed by atoms with E-state index in [1.807, 2.05) is 13.1 Å². The molecule has 1 aliphatic heterocycles. The zero-order chi connectivity index (χ0) is 24.6. The minimum absolute atomic E-state index is 0.0297. The van der Waals surface area contributed by atoms with Gasteiger partial charge in [-0.3, -0.25) is 9.59 Å². The second-order valence-electron chi connectivity index (χ2n) is 10.3. The number of hydrogen-bond donors (Lipinski definition) is 4. The van der Waals surface area contributed by atoms with Crippen LogP contribution in [0.25, 0.3) is 0 Å². The van der Waals surface area contributed by atoms with Crippen molar-refractivity contribution in [2.45, 2.75) is 103 Å². The van der Waals surface area contributed by atoms with Gasteiger partial charge in [-0.15, -0.1) is 0 Å². The quantitative estimate of drug-likeness (QED) is 0.308. The van der Waals surface area contributed by atoms with Crippen LogP contribution in [0.2, 0.25) is 0 Å². The summed E-state index contributed by atoms with van der Waals surface area (Å²) in [5.74, 6) is 0.0181. The van der Waals surface area contributed by atoms with Gasteiger partial charge in [-0.2, -0.15) is 0 Å². The Morgan fingerprint density at radius 3 is 2.36 bits per heavy atom. The number of nitrogens with zero attached hydrogens (tertiary/aromatic N) is 2. The molecule has 4 unspecified atom stereocenters. The lowest BCUT2D eigenvalue weighted by molar-refractivity contribution is -0.141. The second kappa shape index (κ2) is 12.3. The number of urea groups is 1. The first-order valence-electron chi connectivity index (χ1n) is 12.4. The average Bonchev–Trinajstić information content (AvgIpc) is 3.24. The number of nitrogens with two attached hydrogens (primary N) is 1. The van der Waals surface area contributed by atoms with Gasteiger partial charge in [0, 0.05) is 19.6 Å². The van der Waals surface area contributed by atoms with E-state index in [1.165, 1.54) is 0 Å². The smallest absolute Gasteiger partial charge is 0.316 e. The highest BCUT2D eigenvalue weighted by Crippen LogP contribution is 2.29. The third-order valence-corrected chi connectivity index (χ3v) is 6.83. The maximum absolute atomic E-state index is 13.7. The van der Waals surface area contributed by atoms with Gasteiger partial charge in [-0.05, 0) is 70.9 Å². The number of hydrogen-bond acceptors (Lipinski definition) is 5. The van der Waals surface area contributed by atoms with Crippen LogP contribution in [-0.2, 0) is 9.59 Å².